The van der Waals surface area contributed by atoms with E-state index in [2.05, 4.69) is 4.72 Å². The zero-order chi connectivity index (χ0) is 14.6. The van der Waals surface area contributed by atoms with Crippen molar-refractivity contribution in [3.05, 3.63) is 24.0 Å². The summed E-state index contributed by atoms with van der Waals surface area (Å²) in [5.74, 6) is -0.998. The van der Waals surface area contributed by atoms with Crippen LogP contribution in [0.2, 0.25) is 0 Å². The van der Waals surface area contributed by atoms with E-state index in [9.17, 15) is 12.8 Å². The van der Waals surface area contributed by atoms with Gasteiger partial charge in [-0.3, -0.25) is 0 Å². The van der Waals surface area contributed by atoms with Gasteiger partial charge < -0.3 is 9.84 Å². The fourth-order valence-electron chi connectivity index (χ4n) is 1.40. The van der Waals surface area contributed by atoms with Crippen molar-refractivity contribution >= 4 is 10.0 Å². The zero-order valence-corrected chi connectivity index (χ0v) is 11.9. The minimum absolute atomic E-state index is 0.0178. The second-order valence-electron chi connectivity index (χ2n) is 4.37. The van der Waals surface area contributed by atoms with Crippen molar-refractivity contribution in [3.8, 4) is 5.75 Å². The van der Waals surface area contributed by atoms with Gasteiger partial charge in [0.2, 0.25) is 10.0 Å². The molecule has 19 heavy (non-hydrogen) atoms. The maximum Gasteiger partial charge on any atom is 0.240 e. The largest absolute Gasteiger partial charge is 0.494 e. The number of sulfonamides is 1. The van der Waals surface area contributed by atoms with Crippen LogP contribution in [0.5, 0.6) is 5.75 Å². The van der Waals surface area contributed by atoms with Crippen molar-refractivity contribution < 1.29 is 22.7 Å². The highest BCUT2D eigenvalue weighted by Crippen LogP contribution is 2.21. The molecule has 0 spiro atoms. The summed E-state index contributed by atoms with van der Waals surface area (Å²) in [6.07, 6.45) is 0. The molecule has 2 N–H and O–H groups in total. The first-order valence-electron chi connectivity index (χ1n) is 5.78. The maximum absolute atomic E-state index is 13.5. The third-order valence-corrected chi connectivity index (χ3v) is 4.47. The van der Waals surface area contributed by atoms with Gasteiger partial charge in [0, 0.05) is 12.6 Å². The molecular weight excluding hydrogens is 273 g/mol. The Morgan fingerprint density at radius 1 is 1.42 bits per heavy atom. The molecule has 0 fully saturated rings. The Morgan fingerprint density at radius 3 is 2.53 bits per heavy atom. The number of halogens is 1. The van der Waals surface area contributed by atoms with E-state index in [4.69, 9.17) is 9.84 Å². The molecule has 2 atom stereocenters. The molecule has 1 aromatic rings. The predicted octanol–water partition coefficient (Wildman–Crippen LogP) is 1.13. The number of benzene rings is 1. The fraction of sp³-hybridized carbons (Fsp3) is 0.500. The number of aliphatic hydroxyl groups is 1. The van der Waals surface area contributed by atoms with Gasteiger partial charge in [-0.15, -0.1) is 0 Å². The second kappa shape index (κ2) is 6.31. The van der Waals surface area contributed by atoms with Crippen molar-refractivity contribution in [3.63, 3.8) is 0 Å². The quantitative estimate of drug-likeness (QED) is 0.824. The molecule has 7 heteroatoms. The summed E-state index contributed by atoms with van der Waals surface area (Å²) in [7, 11) is -2.52. The van der Waals surface area contributed by atoms with Gasteiger partial charge in [-0.25, -0.2) is 17.5 Å². The highest BCUT2D eigenvalue weighted by molar-refractivity contribution is 7.89. The average Bonchev–Trinajstić information content (AvgIpc) is 2.37. The van der Waals surface area contributed by atoms with Gasteiger partial charge >= 0.3 is 0 Å². The molecule has 0 aliphatic carbocycles. The van der Waals surface area contributed by atoms with E-state index in [1.54, 1.807) is 13.8 Å². The molecule has 1 aromatic carbocycles. The molecule has 0 aliphatic heterocycles. The lowest BCUT2D eigenvalue weighted by Crippen LogP contribution is -2.38. The van der Waals surface area contributed by atoms with E-state index < -0.39 is 21.9 Å². The Balaban J connectivity index is 2.98. The number of hydrogen-bond donors (Lipinski definition) is 2. The average molecular weight is 291 g/mol. The number of rotatable bonds is 6. The highest BCUT2D eigenvalue weighted by Gasteiger charge is 2.22. The molecule has 0 amide bonds. The second-order valence-corrected chi connectivity index (χ2v) is 6.08. The van der Waals surface area contributed by atoms with Crippen molar-refractivity contribution in [2.75, 3.05) is 13.7 Å². The molecule has 0 bridgehead atoms. The number of methoxy groups -OCH3 is 1. The third kappa shape index (κ3) is 3.89. The molecule has 2 unspecified atom stereocenters. The molecule has 0 aliphatic rings. The minimum atomic E-state index is -3.82. The molecular formula is C12H18FNO4S. The van der Waals surface area contributed by atoms with Crippen LogP contribution in [0.4, 0.5) is 4.39 Å². The van der Waals surface area contributed by atoms with E-state index in [-0.39, 0.29) is 23.2 Å². The molecule has 0 saturated carbocycles. The van der Waals surface area contributed by atoms with Crippen LogP contribution in [0, 0.1) is 11.7 Å². The van der Waals surface area contributed by atoms with E-state index >= 15 is 0 Å². The maximum atomic E-state index is 13.5. The number of hydrogen-bond acceptors (Lipinski definition) is 4. The predicted molar refractivity (Wildman–Crippen MR) is 69.0 cm³/mol. The van der Waals surface area contributed by atoms with Crippen LogP contribution in [0.3, 0.4) is 0 Å². The fourth-order valence-corrected chi connectivity index (χ4v) is 2.76. The molecule has 1 rings (SSSR count). The summed E-state index contributed by atoms with van der Waals surface area (Å²) in [6, 6.07) is 2.96. The summed E-state index contributed by atoms with van der Waals surface area (Å²) >= 11 is 0. The molecule has 0 saturated heterocycles. The van der Waals surface area contributed by atoms with Crippen molar-refractivity contribution in [2.24, 2.45) is 5.92 Å². The van der Waals surface area contributed by atoms with E-state index in [1.165, 1.54) is 19.2 Å². The van der Waals surface area contributed by atoms with Gasteiger partial charge in [-0.2, -0.15) is 0 Å². The lowest BCUT2D eigenvalue weighted by atomic mass is 10.1. The van der Waals surface area contributed by atoms with Crippen LogP contribution in [0.1, 0.15) is 13.8 Å². The standard InChI is InChI=1S/C12H18FNO4S/c1-8(7-15)9(2)14-19(16,17)10-4-5-12(18-3)11(13)6-10/h4-6,8-9,14-15H,7H2,1-3H3. The van der Waals surface area contributed by atoms with Crippen molar-refractivity contribution in [1.82, 2.24) is 4.72 Å². The lowest BCUT2D eigenvalue weighted by molar-refractivity contribution is 0.216. The Kier molecular flexibility index (Phi) is 5.28. The van der Waals surface area contributed by atoms with Crippen LogP contribution in [0.25, 0.3) is 0 Å². The topological polar surface area (TPSA) is 75.6 Å². The van der Waals surface area contributed by atoms with Crippen LogP contribution in [0.15, 0.2) is 23.1 Å². The molecule has 5 nitrogen and oxygen atoms in total. The van der Waals surface area contributed by atoms with Crippen LogP contribution in [-0.2, 0) is 10.0 Å². The van der Waals surface area contributed by atoms with E-state index in [0.717, 1.165) is 6.07 Å². The minimum Gasteiger partial charge on any atom is -0.494 e. The van der Waals surface area contributed by atoms with Gasteiger partial charge in [0.25, 0.3) is 0 Å². The Bertz CT molecular complexity index is 533. The van der Waals surface area contributed by atoms with Crippen LogP contribution in [-0.4, -0.2) is 33.3 Å². The summed E-state index contributed by atoms with van der Waals surface area (Å²) < 4.78 is 44.6. The molecule has 0 heterocycles. The Morgan fingerprint density at radius 2 is 2.05 bits per heavy atom. The summed E-state index contributed by atoms with van der Waals surface area (Å²) in [6.45, 7) is 3.21. The summed E-state index contributed by atoms with van der Waals surface area (Å²) in [4.78, 5) is -0.178. The normalized spacial score (nSPS) is 15.0. The first-order chi connectivity index (χ1) is 8.81. The van der Waals surface area contributed by atoms with Crippen LogP contribution < -0.4 is 9.46 Å². The third-order valence-electron chi connectivity index (χ3n) is 2.92. The number of nitrogens with one attached hydrogen (secondary N) is 1. The first kappa shape index (κ1) is 15.9. The van der Waals surface area contributed by atoms with Gasteiger partial charge in [0.15, 0.2) is 11.6 Å². The van der Waals surface area contributed by atoms with Crippen molar-refractivity contribution in [2.45, 2.75) is 24.8 Å². The Labute approximate surface area is 112 Å². The van der Waals surface area contributed by atoms with E-state index in [0.29, 0.717) is 0 Å². The van der Waals surface area contributed by atoms with E-state index in [1.807, 2.05) is 0 Å². The van der Waals surface area contributed by atoms with Gasteiger partial charge in [0.1, 0.15) is 0 Å². The zero-order valence-electron chi connectivity index (χ0n) is 11.1. The molecule has 0 radical (unpaired) electrons. The highest BCUT2D eigenvalue weighted by atomic mass is 32.2. The van der Waals surface area contributed by atoms with Gasteiger partial charge in [-0.05, 0) is 31.0 Å². The van der Waals surface area contributed by atoms with Gasteiger partial charge in [-0.1, -0.05) is 6.92 Å². The summed E-state index contributed by atoms with van der Waals surface area (Å²) in [5, 5.41) is 8.97. The first-order valence-corrected chi connectivity index (χ1v) is 7.27. The smallest absolute Gasteiger partial charge is 0.240 e. The lowest BCUT2D eigenvalue weighted by Gasteiger charge is -2.19. The SMILES string of the molecule is COc1ccc(S(=O)(=O)NC(C)C(C)CO)cc1F. The van der Waals surface area contributed by atoms with Crippen molar-refractivity contribution in [1.29, 1.82) is 0 Å². The van der Waals surface area contributed by atoms with Crippen LogP contribution >= 0.6 is 0 Å². The van der Waals surface area contributed by atoms with Gasteiger partial charge in [0.05, 0.1) is 12.0 Å². The summed E-state index contributed by atoms with van der Waals surface area (Å²) in [5.41, 5.74) is 0. The Hall–Kier alpha value is -1.18. The number of ether oxygens (including phenoxy) is 1. The number of aliphatic hydroxyl groups excluding tert-OH is 1. The molecule has 0 aromatic heterocycles. The molecule has 108 valence electrons. The monoisotopic (exact) mass is 291 g/mol.